The van der Waals surface area contributed by atoms with Crippen molar-refractivity contribution in [2.75, 3.05) is 17.2 Å². The van der Waals surface area contributed by atoms with Crippen molar-refractivity contribution in [1.29, 1.82) is 5.26 Å². The van der Waals surface area contributed by atoms with E-state index in [1.54, 1.807) is 30.5 Å². The third-order valence-electron chi connectivity index (χ3n) is 2.76. The Morgan fingerprint density at radius 2 is 2.05 bits per heavy atom. The van der Waals surface area contributed by atoms with Crippen molar-refractivity contribution in [3.63, 3.8) is 0 Å². The maximum absolute atomic E-state index is 8.77. The lowest BCUT2D eigenvalue weighted by atomic mass is 10.2. The Morgan fingerprint density at radius 1 is 1.29 bits per heavy atom. The van der Waals surface area contributed by atoms with Crippen LogP contribution in [0.5, 0.6) is 0 Å². The van der Waals surface area contributed by atoms with E-state index in [9.17, 15) is 0 Å². The van der Waals surface area contributed by atoms with Gasteiger partial charge in [0.2, 0.25) is 5.95 Å². The smallest absolute Gasteiger partial charge is 0.229 e. The monoisotopic (exact) mass is 277 g/mol. The first-order valence-corrected chi connectivity index (χ1v) is 6.61. The van der Waals surface area contributed by atoms with Crippen LogP contribution in [0.15, 0.2) is 30.5 Å². The van der Waals surface area contributed by atoms with Crippen LogP contribution in [0.25, 0.3) is 0 Å². The van der Waals surface area contributed by atoms with Gasteiger partial charge in [-0.3, -0.25) is 0 Å². The van der Waals surface area contributed by atoms with Crippen LogP contribution in [-0.4, -0.2) is 16.5 Å². The Morgan fingerprint density at radius 3 is 2.67 bits per heavy atom. The number of anilines is 3. The number of benzene rings is 1. The van der Waals surface area contributed by atoms with Gasteiger partial charge in [0.05, 0.1) is 23.4 Å². The summed E-state index contributed by atoms with van der Waals surface area (Å²) in [6.45, 7) is 2.86. The average molecular weight is 277 g/mol. The lowest BCUT2D eigenvalue weighted by molar-refractivity contribution is 0.964. The Bertz CT molecular complexity index is 692. The van der Waals surface area contributed by atoms with Crippen molar-refractivity contribution in [3.8, 4) is 18.4 Å². The molecule has 0 aliphatic heterocycles. The number of nitrogens with one attached hydrogen (secondary N) is 2. The lowest BCUT2D eigenvalue weighted by Gasteiger charge is -2.09. The predicted molar refractivity (Wildman–Crippen MR) is 83.2 cm³/mol. The van der Waals surface area contributed by atoms with E-state index in [4.69, 9.17) is 11.7 Å². The molecular weight excluding hydrogens is 262 g/mol. The zero-order valence-electron chi connectivity index (χ0n) is 11.7. The summed E-state index contributed by atoms with van der Waals surface area (Å²) in [5.74, 6) is 3.66. The van der Waals surface area contributed by atoms with Gasteiger partial charge in [-0.05, 0) is 30.7 Å². The van der Waals surface area contributed by atoms with Crippen LogP contribution < -0.4 is 10.6 Å². The van der Waals surface area contributed by atoms with E-state index in [1.807, 2.05) is 0 Å². The van der Waals surface area contributed by atoms with E-state index in [1.165, 1.54) is 0 Å². The zero-order chi connectivity index (χ0) is 15.1. The van der Waals surface area contributed by atoms with E-state index in [0.717, 1.165) is 18.7 Å². The minimum Gasteiger partial charge on any atom is -0.369 e. The van der Waals surface area contributed by atoms with Crippen LogP contribution in [-0.2, 0) is 0 Å². The SMILES string of the molecule is C#Cc1cnc(Nc2ccc(C#N)cc2)nc1NCCC. The van der Waals surface area contributed by atoms with Gasteiger partial charge in [0.15, 0.2) is 0 Å². The second kappa shape index (κ2) is 6.93. The Hall–Kier alpha value is -3.05. The molecule has 0 bridgehead atoms. The molecule has 0 saturated carbocycles. The van der Waals surface area contributed by atoms with Crippen LogP contribution in [0.4, 0.5) is 17.5 Å². The van der Waals surface area contributed by atoms with Gasteiger partial charge >= 0.3 is 0 Å². The molecule has 2 N–H and O–H groups in total. The van der Waals surface area contributed by atoms with Gasteiger partial charge in [0.25, 0.3) is 0 Å². The molecule has 1 aromatic heterocycles. The number of terminal acetylenes is 1. The molecule has 0 atom stereocenters. The molecule has 1 heterocycles. The van der Waals surface area contributed by atoms with Crippen LogP contribution in [0.3, 0.4) is 0 Å². The Labute approximate surface area is 124 Å². The Balaban J connectivity index is 2.19. The molecule has 0 spiro atoms. The van der Waals surface area contributed by atoms with Gasteiger partial charge in [-0.2, -0.15) is 10.2 Å². The molecule has 0 unspecified atom stereocenters. The summed E-state index contributed by atoms with van der Waals surface area (Å²) in [7, 11) is 0. The van der Waals surface area contributed by atoms with Crippen molar-refractivity contribution in [2.24, 2.45) is 0 Å². The number of nitriles is 1. The second-order valence-corrected chi connectivity index (χ2v) is 4.34. The predicted octanol–water partition coefficient (Wildman–Crippen LogP) is 2.90. The van der Waals surface area contributed by atoms with Gasteiger partial charge in [0.1, 0.15) is 5.82 Å². The highest BCUT2D eigenvalue weighted by Gasteiger charge is 2.05. The van der Waals surface area contributed by atoms with E-state index < -0.39 is 0 Å². The highest BCUT2D eigenvalue weighted by molar-refractivity contribution is 5.59. The largest absolute Gasteiger partial charge is 0.369 e. The van der Waals surface area contributed by atoms with Gasteiger partial charge in [-0.25, -0.2) is 4.98 Å². The molecule has 0 fully saturated rings. The summed E-state index contributed by atoms with van der Waals surface area (Å²) in [5, 5.41) is 15.0. The van der Waals surface area contributed by atoms with Crippen LogP contribution in [0.1, 0.15) is 24.5 Å². The van der Waals surface area contributed by atoms with Gasteiger partial charge < -0.3 is 10.6 Å². The summed E-state index contributed by atoms with van der Waals surface area (Å²) in [6.07, 6.45) is 8.02. The highest BCUT2D eigenvalue weighted by Crippen LogP contribution is 2.17. The molecular formula is C16H15N5. The molecule has 5 nitrogen and oxygen atoms in total. The molecule has 0 saturated heterocycles. The summed E-state index contributed by atoms with van der Waals surface area (Å²) < 4.78 is 0. The van der Waals surface area contributed by atoms with Crippen molar-refractivity contribution >= 4 is 17.5 Å². The highest BCUT2D eigenvalue weighted by atomic mass is 15.1. The molecule has 0 radical (unpaired) electrons. The van der Waals surface area contributed by atoms with Crippen molar-refractivity contribution in [1.82, 2.24) is 9.97 Å². The summed E-state index contributed by atoms with van der Waals surface area (Å²) in [4.78, 5) is 8.56. The molecule has 2 rings (SSSR count). The molecule has 0 aliphatic carbocycles. The molecule has 0 amide bonds. The molecule has 5 heteroatoms. The van der Waals surface area contributed by atoms with Gasteiger partial charge in [-0.1, -0.05) is 12.8 Å². The minimum absolute atomic E-state index is 0.456. The summed E-state index contributed by atoms with van der Waals surface area (Å²) >= 11 is 0. The first-order valence-electron chi connectivity index (χ1n) is 6.61. The van der Waals surface area contributed by atoms with Crippen LogP contribution in [0, 0.1) is 23.7 Å². The molecule has 21 heavy (non-hydrogen) atoms. The molecule has 1 aromatic carbocycles. The zero-order valence-corrected chi connectivity index (χ0v) is 11.7. The van der Waals surface area contributed by atoms with E-state index in [2.05, 4.69) is 39.5 Å². The number of hydrogen-bond acceptors (Lipinski definition) is 5. The standard InChI is InChI=1S/C16H15N5/c1-3-9-18-15-13(4-2)11-19-16(21-15)20-14-7-5-12(10-17)6-8-14/h2,5-8,11H,3,9H2,1H3,(H2,18,19,20,21). The van der Waals surface area contributed by atoms with Gasteiger partial charge in [-0.15, -0.1) is 6.42 Å². The summed E-state index contributed by atoms with van der Waals surface area (Å²) in [6, 6.07) is 9.14. The fourth-order valence-corrected chi connectivity index (χ4v) is 1.68. The van der Waals surface area contributed by atoms with E-state index >= 15 is 0 Å². The van der Waals surface area contributed by atoms with E-state index in [0.29, 0.717) is 22.9 Å². The summed E-state index contributed by atoms with van der Waals surface area (Å²) in [5.41, 5.74) is 2.05. The number of aromatic nitrogens is 2. The van der Waals surface area contributed by atoms with Gasteiger partial charge in [0, 0.05) is 12.2 Å². The van der Waals surface area contributed by atoms with Crippen LogP contribution in [0.2, 0.25) is 0 Å². The number of nitrogens with zero attached hydrogens (tertiary/aromatic N) is 3. The fraction of sp³-hybridized carbons (Fsp3) is 0.188. The van der Waals surface area contributed by atoms with Crippen LogP contribution >= 0.6 is 0 Å². The first kappa shape index (κ1) is 14.4. The number of hydrogen-bond donors (Lipinski definition) is 2. The van der Waals surface area contributed by atoms with Crippen molar-refractivity contribution in [3.05, 3.63) is 41.6 Å². The third kappa shape index (κ3) is 3.71. The minimum atomic E-state index is 0.456. The lowest BCUT2D eigenvalue weighted by Crippen LogP contribution is -2.07. The Kier molecular flexibility index (Phi) is 4.74. The maximum atomic E-state index is 8.77. The average Bonchev–Trinajstić information content (AvgIpc) is 2.54. The molecule has 104 valence electrons. The quantitative estimate of drug-likeness (QED) is 0.822. The second-order valence-electron chi connectivity index (χ2n) is 4.34. The topological polar surface area (TPSA) is 73.6 Å². The van der Waals surface area contributed by atoms with E-state index in [-0.39, 0.29) is 0 Å². The normalized spacial score (nSPS) is 9.48. The first-order chi connectivity index (χ1) is 10.3. The molecule has 0 aliphatic rings. The van der Waals surface area contributed by atoms with Crippen molar-refractivity contribution < 1.29 is 0 Å². The maximum Gasteiger partial charge on any atom is 0.229 e. The van der Waals surface area contributed by atoms with Crippen molar-refractivity contribution in [2.45, 2.75) is 13.3 Å². The molecule has 2 aromatic rings. The number of rotatable bonds is 5. The fourth-order valence-electron chi connectivity index (χ4n) is 1.68. The third-order valence-corrected chi connectivity index (χ3v) is 2.76.